The molecule has 2 aromatic carbocycles. The molecule has 0 spiro atoms. The molecule has 2 aromatic heterocycles. The summed E-state index contributed by atoms with van der Waals surface area (Å²) in [4.78, 5) is 8.72. The Balaban J connectivity index is 1.70. The van der Waals surface area contributed by atoms with Crippen molar-refractivity contribution in [1.82, 2.24) is 19.7 Å². The van der Waals surface area contributed by atoms with Crippen LogP contribution in [0, 0.1) is 5.82 Å². The monoisotopic (exact) mass is 363 g/mol. The summed E-state index contributed by atoms with van der Waals surface area (Å²) in [5, 5.41) is 8.58. The van der Waals surface area contributed by atoms with Crippen molar-refractivity contribution in [2.45, 2.75) is 13.0 Å². The van der Waals surface area contributed by atoms with Gasteiger partial charge in [0.05, 0.1) is 30.4 Å². The first-order valence-corrected chi connectivity index (χ1v) is 8.51. The highest BCUT2D eigenvalue weighted by Crippen LogP contribution is 2.29. The number of fused-ring (bicyclic) bond motifs is 1. The van der Waals surface area contributed by atoms with E-state index in [0.29, 0.717) is 11.5 Å². The zero-order valence-corrected chi connectivity index (χ0v) is 14.9. The van der Waals surface area contributed by atoms with Crippen LogP contribution in [0.2, 0.25) is 0 Å². The molecule has 0 saturated carbocycles. The van der Waals surface area contributed by atoms with E-state index < -0.39 is 0 Å². The van der Waals surface area contributed by atoms with Gasteiger partial charge in [0.25, 0.3) is 0 Å². The molecule has 0 fully saturated rings. The fourth-order valence-electron chi connectivity index (χ4n) is 3.04. The first-order valence-electron chi connectivity index (χ1n) is 8.51. The molecule has 4 aromatic rings. The summed E-state index contributed by atoms with van der Waals surface area (Å²) < 4.78 is 20.3. The molecule has 0 aliphatic carbocycles. The molecule has 27 heavy (non-hydrogen) atoms. The Morgan fingerprint density at radius 3 is 2.63 bits per heavy atom. The van der Waals surface area contributed by atoms with Gasteiger partial charge in [-0.05, 0) is 37.3 Å². The molecule has 2 heterocycles. The molecule has 7 heteroatoms. The third-order valence-electron chi connectivity index (χ3n) is 4.40. The minimum absolute atomic E-state index is 0.0339. The number of ether oxygens (including phenoxy) is 1. The minimum atomic E-state index is -0.294. The van der Waals surface area contributed by atoms with Gasteiger partial charge >= 0.3 is 0 Å². The van der Waals surface area contributed by atoms with Crippen molar-refractivity contribution in [2.75, 3.05) is 12.4 Å². The molecule has 4 rings (SSSR count). The van der Waals surface area contributed by atoms with E-state index in [2.05, 4.69) is 20.4 Å². The normalized spacial score (nSPS) is 12.1. The molecule has 1 atom stereocenters. The van der Waals surface area contributed by atoms with Gasteiger partial charge in [-0.2, -0.15) is 5.10 Å². The predicted octanol–water partition coefficient (Wildman–Crippen LogP) is 4.14. The zero-order chi connectivity index (χ0) is 18.8. The van der Waals surface area contributed by atoms with Crippen LogP contribution in [0.3, 0.4) is 0 Å². The SMILES string of the molecule is COc1ccccc1C(C)Nc1ncnc2c1cnn2-c1ccc(F)cc1. The van der Waals surface area contributed by atoms with Gasteiger partial charge in [0.2, 0.25) is 0 Å². The van der Waals surface area contributed by atoms with E-state index in [0.717, 1.165) is 22.4 Å². The third kappa shape index (κ3) is 3.19. The van der Waals surface area contributed by atoms with Crippen LogP contribution in [-0.4, -0.2) is 26.9 Å². The number of hydrogen-bond acceptors (Lipinski definition) is 5. The minimum Gasteiger partial charge on any atom is -0.496 e. The van der Waals surface area contributed by atoms with E-state index >= 15 is 0 Å². The highest BCUT2D eigenvalue weighted by Gasteiger charge is 2.15. The first kappa shape index (κ1) is 17.0. The number of benzene rings is 2. The molecule has 0 aliphatic rings. The molecular formula is C20H18FN5O. The Morgan fingerprint density at radius 2 is 1.85 bits per heavy atom. The Bertz CT molecular complexity index is 1080. The first-order chi connectivity index (χ1) is 13.2. The van der Waals surface area contributed by atoms with Gasteiger partial charge in [-0.25, -0.2) is 19.0 Å². The van der Waals surface area contributed by atoms with Crippen LogP contribution in [-0.2, 0) is 0 Å². The Kier molecular flexibility index (Phi) is 4.42. The summed E-state index contributed by atoms with van der Waals surface area (Å²) >= 11 is 0. The second kappa shape index (κ2) is 7.03. The molecule has 0 aliphatic heterocycles. The molecular weight excluding hydrogens is 345 g/mol. The fourth-order valence-corrected chi connectivity index (χ4v) is 3.04. The van der Waals surface area contributed by atoms with Crippen molar-refractivity contribution >= 4 is 16.9 Å². The van der Waals surface area contributed by atoms with Crippen LogP contribution >= 0.6 is 0 Å². The topological polar surface area (TPSA) is 64.9 Å². The van der Waals surface area contributed by atoms with Gasteiger partial charge in [0.15, 0.2) is 5.65 Å². The summed E-state index contributed by atoms with van der Waals surface area (Å²) in [6.07, 6.45) is 3.19. The van der Waals surface area contributed by atoms with Crippen molar-refractivity contribution in [3.8, 4) is 11.4 Å². The maximum Gasteiger partial charge on any atom is 0.168 e. The Hall–Kier alpha value is -3.48. The molecule has 0 bridgehead atoms. The quantitative estimate of drug-likeness (QED) is 0.577. The molecule has 0 amide bonds. The van der Waals surface area contributed by atoms with Crippen LogP contribution in [0.25, 0.3) is 16.7 Å². The standard InChI is InChI=1S/C20H18FN5O/c1-13(16-5-3-4-6-18(16)27-2)25-19-17-11-24-26(20(17)23-12-22-19)15-9-7-14(21)8-10-15/h3-13H,1-2H3,(H,22,23,25). The van der Waals surface area contributed by atoms with Crippen molar-refractivity contribution < 1.29 is 9.13 Å². The Labute approximate surface area is 155 Å². The van der Waals surface area contributed by atoms with E-state index in [4.69, 9.17) is 4.74 Å². The van der Waals surface area contributed by atoms with Gasteiger partial charge < -0.3 is 10.1 Å². The van der Waals surface area contributed by atoms with Gasteiger partial charge in [-0.3, -0.25) is 0 Å². The van der Waals surface area contributed by atoms with Crippen LogP contribution < -0.4 is 10.1 Å². The molecule has 0 saturated heterocycles. The van der Waals surface area contributed by atoms with E-state index in [9.17, 15) is 4.39 Å². The molecule has 0 radical (unpaired) electrons. The summed E-state index contributed by atoms with van der Waals surface area (Å²) in [5.41, 5.74) is 2.40. The number of halogens is 1. The van der Waals surface area contributed by atoms with Gasteiger partial charge in [-0.15, -0.1) is 0 Å². The lowest BCUT2D eigenvalue weighted by Gasteiger charge is -2.18. The summed E-state index contributed by atoms with van der Waals surface area (Å²) in [5.74, 6) is 1.19. The number of nitrogens with one attached hydrogen (secondary N) is 1. The number of methoxy groups -OCH3 is 1. The van der Waals surface area contributed by atoms with E-state index in [-0.39, 0.29) is 11.9 Å². The maximum absolute atomic E-state index is 13.2. The number of hydrogen-bond donors (Lipinski definition) is 1. The third-order valence-corrected chi connectivity index (χ3v) is 4.40. The molecule has 6 nitrogen and oxygen atoms in total. The number of anilines is 1. The summed E-state index contributed by atoms with van der Waals surface area (Å²) in [7, 11) is 1.65. The number of aromatic nitrogens is 4. The van der Waals surface area contributed by atoms with Crippen LogP contribution in [0.5, 0.6) is 5.75 Å². The van der Waals surface area contributed by atoms with Gasteiger partial charge in [0.1, 0.15) is 23.7 Å². The summed E-state index contributed by atoms with van der Waals surface area (Å²) in [6.45, 7) is 2.04. The highest BCUT2D eigenvalue weighted by atomic mass is 19.1. The number of nitrogens with zero attached hydrogens (tertiary/aromatic N) is 4. The van der Waals surface area contributed by atoms with Crippen molar-refractivity contribution in [1.29, 1.82) is 0 Å². The molecule has 136 valence electrons. The van der Waals surface area contributed by atoms with E-state index in [1.165, 1.54) is 18.5 Å². The second-order valence-electron chi connectivity index (χ2n) is 6.10. The van der Waals surface area contributed by atoms with E-state index in [1.807, 2.05) is 31.2 Å². The van der Waals surface area contributed by atoms with Crippen molar-refractivity contribution in [3.63, 3.8) is 0 Å². The van der Waals surface area contributed by atoms with Crippen molar-refractivity contribution in [3.05, 3.63) is 72.4 Å². The average molecular weight is 363 g/mol. The number of para-hydroxylation sites is 1. The predicted molar refractivity (Wildman–Crippen MR) is 102 cm³/mol. The molecule has 1 unspecified atom stereocenters. The molecule has 1 N–H and O–H groups in total. The Morgan fingerprint density at radius 1 is 1.07 bits per heavy atom. The van der Waals surface area contributed by atoms with Crippen LogP contribution in [0.1, 0.15) is 18.5 Å². The lowest BCUT2D eigenvalue weighted by molar-refractivity contribution is 0.408. The lowest BCUT2D eigenvalue weighted by atomic mass is 10.1. The highest BCUT2D eigenvalue weighted by molar-refractivity contribution is 5.87. The number of rotatable bonds is 5. The van der Waals surface area contributed by atoms with Crippen molar-refractivity contribution in [2.24, 2.45) is 0 Å². The van der Waals surface area contributed by atoms with E-state index in [1.54, 1.807) is 30.1 Å². The zero-order valence-electron chi connectivity index (χ0n) is 14.9. The largest absolute Gasteiger partial charge is 0.496 e. The van der Waals surface area contributed by atoms with Gasteiger partial charge in [0, 0.05) is 5.56 Å². The van der Waals surface area contributed by atoms with Gasteiger partial charge in [-0.1, -0.05) is 18.2 Å². The maximum atomic E-state index is 13.2. The van der Waals surface area contributed by atoms with Crippen LogP contribution in [0.4, 0.5) is 10.2 Å². The van der Waals surface area contributed by atoms with Crippen LogP contribution in [0.15, 0.2) is 61.1 Å². The average Bonchev–Trinajstić information content (AvgIpc) is 3.13. The second-order valence-corrected chi connectivity index (χ2v) is 6.10. The summed E-state index contributed by atoms with van der Waals surface area (Å²) in [6, 6.07) is 13.9. The smallest absolute Gasteiger partial charge is 0.168 e. The lowest BCUT2D eigenvalue weighted by Crippen LogP contribution is -2.10. The fraction of sp³-hybridized carbons (Fsp3) is 0.150.